The molecule has 0 atom stereocenters. The summed E-state index contributed by atoms with van der Waals surface area (Å²) in [6, 6.07) is 0. The predicted octanol–water partition coefficient (Wildman–Crippen LogP) is 0.539. The minimum atomic E-state index is -3.32. The smallest absolute Gasteiger partial charge is 0.309 e. The van der Waals surface area contributed by atoms with E-state index in [0.717, 1.165) is 0 Å². The van der Waals surface area contributed by atoms with Crippen molar-refractivity contribution in [3.63, 3.8) is 0 Å². The first kappa shape index (κ1) is 15.4. The molecular formula is C11H21NO5S. The molecule has 0 saturated carbocycles. The van der Waals surface area contributed by atoms with Crippen LogP contribution < -0.4 is 0 Å². The zero-order valence-corrected chi connectivity index (χ0v) is 11.7. The molecule has 0 bridgehead atoms. The van der Waals surface area contributed by atoms with Crippen molar-refractivity contribution in [3.05, 3.63) is 0 Å². The van der Waals surface area contributed by atoms with E-state index >= 15 is 0 Å². The van der Waals surface area contributed by atoms with Gasteiger partial charge in [-0.3, -0.25) is 4.79 Å². The van der Waals surface area contributed by atoms with Gasteiger partial charge in [-0.15, -0.1) is 0 Å². The minimum Gasteiger partial charge on any atom is -0.481 e. The summed E-state index contributed by atoms with van der Waals surface area (Å²) in [6.07, 6.45) is 0.715. The average molecular weight is 279 g/mol. The number of carboxylic acids is 1. The molecular weight excluding hydrogens is 258 g/mol. The third kappa shape index (κ3) is 3.66. The second-order valence-corrected chi connectivity index (χ2v) is 6.87. The monoisotopic (exact) mass is 279 g/mol. The lowest BCUT2D eigenvalue weighted by molar-refractivity contribution is -0.150. The molecule has 6 nitrogen and oxygen atoms in total. The molecule has 1 aliphatic heterocycles. The van der Waals surface area contributed by atoms with Gasteiger partial charge in [0, 0.05) is 19.7 Å². The summed E-state index contributed by atoms with van der Waals surface area (Å²) in [5.74, 6) is -0.890. The van der Waals surface area contributed by atoms with Crippen LogP contribution in [-0.2, 0) is 19.6 Å². The Kier molecular flexibility index (Phi) is 5.12. The number of hydrogen-bond acceptors (Lipinski definition) is 4. The highest BCUT2D eigenvalue weighted by Crippen LogP contribution is 2.32. The summed E-state index contributed by atoms with van der Waals surface area (Å²) in [4.78, 5) is 11.1. The van der Waals surface area contributed by atoms with Gasteiger partial charge in [-0.05, 0) is 26.7 Å². The topological polar surface area (TPSA) is 83.9 Å². The third-order valence-electron chi connectivity index (χ3n) is 3.43. The Morgan fingerprint density at radius 1 is 1.39 bits per heavy atom. The molecule has 0 aromatic carbocycles. The van der Waals surface area contributed by atoms with Gasteiger partial charge in [-0.2, -0.15) is 0 Å². The van der Waals surface area contributed by atoms with Crippen molar-refractivity contribution in [2.45, 2.75) is 26.7 Å². The maximum Gasteiger partial charge on any atom is 0.309 e. The molecule has 1 heterocycles. The Bertz CT molecular complexity index is 384. The molecule has 1 N–H and O–H groups in total. The van der Waals surface area contributed by atoms with Crippen LogP contribution in [-0.4, -0.2) is 55.9 Å². The third-order valence-corrected chi connectivity index (χ3v) is 5.26. The fourth-order valence-corrected chi connectivity index (χ4v) is 3.24. The lowest BCUT2D eigenvalue weighted by Gasteiger charge is -2.35. The van der Waals surface area contributed by atoms with Gasteiger partial charge in [0.15, 0.2) is 0 Å². The maximum atomic E-state index is 11.9. The van der Waals surface area contributed by atoms with Gasteiger partial charge in [0.1, 0.15) is 0 Å². The molecule has 7 heteroatoms. The zero-order valence-electron chi connectivity index (χ0n) is 10.9. The second-order valence-electron chi connectivity index (χ2n) is 4.78. The highest BCUT2D eigenvalue weighted by Gasteiger charge is 2.39. The van der Waals surface area contributed by atoms with Crippen LogP contribution in [0.25, 0.3) is 0 Å². The SMILES string of the molecule is CCOCCS(=O)(=O)N1CCC(C)(C(=O)O)CC1. The lowest BCUT2D eigenvalue weighted by Crippen LogP contribution is -2.46. The van der Waals surface area contributed by atoms with Crippen LogP contribution in [0.2, 0.25) is 0 Å². The first-order chi connectivity index (χ1) is 8.32. The number of nitrogens with zero attached hydrogens (tertiary/aromatic N) is 1. The number of sulfonamides is 1. The van der Waals surface area contributed by atoms with Crippen molar-refractivity contribution in [1.82, 2.24) is 4.31 Å². The molecule has 1 rings (SSSR count). The van der Waals surface area contributed by atoms with E-state index in [9.17, 15) is 13.2 Å². The molecule has 0 amide bonds. The Balaban J connectivity index is 2.54. The molecule has 1 aliphatic rings. The predicted molar refractivity (Wildman–Crippen MR) is 66.8 cm³/mol. The van der Waals surface area contributed by atoms with E-state index in [-0.39, 0.29) is 25.4 Å². The highest BCUT2D eigenvalue weighted by atomic mass is 32.2. The molecule has 0 unspecified atom stereocenters. The molecule has 0 aromatic rings. The summed E-state index contributed by atoms with van der Waals surface area (Å²) in [5, 5.41) is 9.07. The zero-order chi connectivity index (χ0) is 13.8. The lowest BCUT2D eigenvalue weighted by atomic mass is 9.81. The number of ether oxygens (including phenoxy) is 1. The van der Waals surface area contributed by atoms with E-state index in [4.69, 9.17) is 9.84 Å². The maximum absolute atomic E-state index is 11.9. The number of hydrogen-bond donors (Lipinski definition) is 1. The van der Waals surface area contributed by atoms with E-state index < -0.39 is 21.4 Å². The number of aliphatic carboxylic acids is 1. The summed E-state index contributed by atoms with van der Waals surface area (Å²) >= 11 is 0. The highest BCUT2D eigenvalue weighted by molar-refractivity contribution is 7.89. The van der Waals surface area contributed by atoms with E-state index in [1.165, 1.54) is 4.31 Å². The Morgan fingerprint density at radius 2 is 1.94 bits per heavy atom. The normalized spacial score (nSPS) is 20.8. The quantitative estimate of drug-likeness (QED) is 0.717. The summed E-state index contributed by atoms with van der Waals surface area (Å²) in [6.45, 7) is 4.71. The molecule has 0 spiro atoms. The van der Waals surface area contributed by atoms with Crippen LogP contribution in [0.4, 0.5) is 0 Å². The fourth-order valence-electron chi connectivity index (χ4n) is 1.91. The molecule has 0 aliphatic carbocycles. The van der Waals surface area contributed by atoms with Gasteiger partial charge in [-0.1, -0.05) is 0 Å². The van der Waals surface area contributed by atoms with Crippen molar-refractivity contribution >= 4 is 16.0 Å². The molecule has 0 radical (unpaired) electrons. The van der Waals surface area contributed by atoms with Gasteiger partial charge in [0.2, 0.25) is 10.0 Å². The molecule has 1 saturated heterocycles. The van der Waals surface area contributed by atoms with Crippen molar-refractivity contribution in [2.24, 2.45) is 5.41 Å². The first-order valence-corrected chi connectivity index (χ1v) is 7.72. The van der Waals surface area contributed by atoms with Crippen molar-refractivity contribution < 1.29 is 23.1 Å². The Hall–Kier alpha value is -0.660. The second kappa shape index (κ2) is 5.99. The van der Waals surface area contributed by atoms with Crippen LogP contribution >= 0.6 is 0 Å². The van der Waals surface area contributed by atoms with Crippen LogP contribution in [0.3, 0.4) is 0 Å². The summed E-state index contributed by atoms with van der Waals surface area (Å²) < 4.78 is 30.3. The van der Waals surface area contributed by atoms with Gasteiger partial charge in [0.25, 0.3) is 0 Å². The number of carbonyl (C=O) groups is 1. The van der Waals surface area contributed by atoms with Gasteiger partial charge < -0.3 is 9.84 Å². The first-order valence-electron chi connectivity index (χ1n) is 6.11. The Labute approximate surface area is 108 Å². The van der Waals surface area contributed by atoms with Gasteiger partial charge in [0.05, 0.1) is 17.8 Å². The van der Waals surface area contributed by atoms with E-state index in [1.807, 2.05) is 6.92 Å². The summed E-state index contributed by atoms with van der Waals surface area (Å²) in [7, 11) is -3.32. The molecule has 1 fully saturated rings. The van der Waals surface area contributed by atoms with Crippen LogP contribution in [0, 0.1) is 5.41 Å². The number of piperidine rings is 1. The van der Waals surface area contributed by atoms with Gasteiger partial charge in [-0.25, -0.2) is 12.7 Å². The van der Waals surface area contributed by atoms with E-state index in [0.29, 0.717) is 19.4 Å². The van der Waals surface area contributed by atoms with Gasteiger partial charge >= 0.3 is 5.97 Å². The largest absolute Gasteiger partial charge is 0.481 e. The van der Waals surface area contributed by atoms with Crippen molar-refractivity contribution in [2.75, 3.05) is 32.1 Å². The van der Waals surface area contributed by atoms with Crippen molar-refractivity contribution in [3.8, 4) is 0 Å². The molecule has 18 heavy (non-hydrogen) atoms. The number of rotatable bonds is 6. The molecule has 106 valence electrons. The summed E-state index contributed by atoms with van der Waals surface area (Å²) in [5.41, 5.74) is -0.800. The molecule has 0 aromatic heterocycles. The van der Waals surface area contributed by atoms with Crippen LogP contribution in [0.1, 0.15) is 26.7 Å². The minimum absolute atomic E-state index is 0.0371. The average Bonchev–Trinajstić information content (AvgIpc) is 2.29. The van der Waals surface area contributed by atoms with Crippen molar-refractivity contribution in [1.29, 1.82) is 0 Å². The number of carboxylic acid groups (broad SMARTS) is 1. The van der Waals surface area contributed by atoms with E-state index in [2.05, 4.69) is 0 Å². The fraction of sp³-hybridized carbons (Fsp3) is 0.909. The van der Waals surface area contributed by atoms with E-state index in [1.54, 1.807) is 6.92 Å². The Morgan fingerprint density at radius 3 is 2.39 bits per heavy atom. The van der Waals surface area contributed by atoms with Crippen LogP contribution in [0.15, 0.2) is 0 Å². The van der Waals surface area contributed by atoms with Crippen LogP contribution in [0.5, 0.6) is 0 Å². The standard InChI is InChI=1S/C11H21NO5S/c1-3-17-8-9-18(15,16)12-6-4-11(2,5-7-12)10(13)14/h3-9H2,1-2H3,(H,13,14).